The smallest absolute Gasteiger partial charge is 0.262 e. The van der Waals surface area contributed by atoms with Gasteiger partial charge in [0.25, 0.3) is 5.91 Å². The van der Waals surface area contributed by atoms with Gasteiger partial charge in [0, 0.05) is 28.7 Å². The van der Waals surface area contributed by atoms with E-state index in [0.29, 0.717) is 5.75 Å². The summed E-state index contributed by atoms with van der Waals surface area (Å²) in [5.41, 5.74) is 1.68. The van der Waals surface area contributed by atoms with E-state index in [1.807, 2.05) is 48.5 Å². The molecule has 7 heteroatoms. The molecule has 6 nitrogen and oxygen atoms in total. The number of hydrogen-bond acceptors (Lipinski definition) is 4. The average molecular weight is 427 g/mol. The molecule has 1 N–H and O–H groups in total. The fourth-order valence-corrected chi connectivity index (χ4v) is 3.39. The highest BCUT2D eigenvalue weighted by molar-refractivity contribution is 9.10. The molecule has 2 heterocycles. The van der Waals surface area contributed by atoms with Crippen LogP contribution in [0.1, 0.15) is 18.7 Å². The summed E-state index contributed by atoms with van der Waals surface area (Å²) in [5, 5.41) is 11.4. The molecule has 2 aromatic carbocycles. The summed E-state index contributed by atoms with van der Waals surface area (Å²) in [4.78, 5) is 12.1. The zero-order valence-corrected chi connectivity index (χ0v) is 16.3. The van der Waals surface area contributed by atoms with Crippen molar-refractivity contribution in [3.63, 3.8) is 0 Å². The highest BCUT2D eigenvalue weighted by atomic mass is 79.9. The second kappa shape index (κ2) is 7.92. The van der Waals surface area contributed by atoms with Crippen LogP contribution in [-0.2, 0) is 17.8 Å². The van der Waals surface area contributed by atoms with Crippen molar-refractivity contribution in [3.05, 3.63) is 58.8 Å². The van der Waals surface area contributed by atoms with E-state index in [4.69, 9.17) is 4.74 Å². The minimum absolute atomic E-state index is 0.0581. The Hall–Kier alpha value is -2.67. The number of carbonyl (C=O) groups is 1. The lowest BCUT2D eigenvalue weighted by Crippen LogP contribution is -2.20. The first-order chi connectivity index (χ1) is 13.2. The van der Waals surface area contributed by atoms with E-state index >= 15 is 0 Å². The van der Waals surface area contributed by atoms with Crippen molar-refractivity contribution in [2.75, 3.05) is 11.9 Å². The van der Waals surface area contributed by atoms with Crippen LogP contribution >= 0.6 is 15.9 Å². The lowest BCUT2D eigenvalue weighted by molar-refractivity contribution is -0.118. The number of amides is 1. The zero-order valence-electron chi connectivity index (χ0n) is 14.7. The van der Waals surface area contributed by atoms with Gasteiger partial charge in [0.2, 0.25) is 0 Å². The van der Waals surface area contributed by atoms with Gasteiger partial charge in [-0.3, -0.25) is 4.79 Å². The average Bonchev–Trinajstić information content (AvgIpc) is 3.13. The first-order valence-electron chi connectivity index (χ1n) is 8.90. The molecule has 0 atom stereocenters. The number of nitrogens with one attached hydrogen (secondary N) is 1. The molecule has 0 radical (unpaired) electrons. The molecule has 4 rings (SSSR count). The van der Waals surface area contributed by atoms with Gasteiger partial charge in [-0.15, -0.1) is 10.2 Å². The molecule has 0 spiro atoms. The topological polar surface area (TPSA) is 69.0 Å². The SMILES string of the molecule is O=C(COc1cccc(-c2nnc3n2CCCC3)c1)Nc1ccc(Br)cc1. The minimum atomic E-state index is -0.206. The highest BCUT2D eigenvalue weighted by Gasteiger charge is 2.17. The zero-order chi connectivity index (χ0) is 18.6. The normalized spacial score (nSPS) is 13.1. The fourth-order valence-electron chi connectivity index (χ4n) is 3.13. The van der Waals surface area contributed by atoms with E-state index in [1.54, 1.807) is 0 Å². The third-order valence-electron chi connectivity index (χ3n) is 4.45. The number of rotatable bonds is 5. The van der Waals surface area contributed by atoms with Gasteiger partial charge in [0.15, 0.2) is 12.4 Å². The Morgan fingerprint density at radius 3 is 2.85 bits per heavy atom. The predicted molar refractivity (Wildman–Crippen MR) is 107 cm³/mol. The van der Waals surface area contributed by atoms with Crippen LogP contribution in [0.2, 0.25) is 0 Å². The number of benzene rings is 2. The van der Waals surface area contributed by atoms with E-state index in [9.17, 15) is 4.79 Å². The van der Waals surface area contributed by atoms with Crippen molar-refractivity contribution in [2.45, 2.75) is 25.8 Å². The summed E-state index contributed by atoms with van der Waals surface area (Å²) in [7, 11) is 0. The Labute approximate surface area is 165 Å². The van der Waals surface area contributed by atoms with Gasteiger partial charge in [-0.2, -0.15) is 0 Å². The van der Waals surface area contributed by atoms with E-state index < -0.39 is 0 Å². The Morgan fingerprint density at radius 2 is 2.00 bits per heavy atom. The second-order valence-corrected chi connectivity index (χ2v) is 7.34. The van der Waals surface area contributed by atoms with Crippen molar-refractivity contribution in [1.29, 1.82) is 0 Å². The van der Waals surface area contributed by atoms with Gasteiger partial charge in [0.1, 0.15) is 11.6 Å². The molecule has 3 aromatic rings. The number of aromatic nitrogens is 3. The van der Waals surface area contributed by atoms with Crippen LogP contribution in [0.25, 0.3) is 11.4 Å². The number of aryl methyl sites for hydroxylation is 1. The number of fused-ring (bicyclic) bond motifs is 1. The Kier molecular flexibility index (Phi) is 5.20. The maximum absolute atomic E-state index is 12.1. The van der Waals surface area contributed by atoms with E-state index in [1.165, 1.54) is 0 Å². The standard InChI is InChI=1S/C20H19BrN4O2/c21-15-7-9-16(10-8-15)22-19(26)13-27-17-5-3-4-14(12-17)20-24-23-18-6-1-2-11-25(18)20/h3-5,7-10,12H,1-2,6,11,13H2,(H,22,26). The molecular formula is C20H19BrN4O2. The Bertz CT molecular complexity index is 953. The van der Waals surface area contributed by atoms with Crippen molar-refractivity contribution in [1.82, 2.24) is 14.8 Å². The molecule has 0 fully saturated rings. The lowest BCUT2D eigenvalue weighted by atomic mass is 10.1. The maximum Gasteiger partial charge on any atom is 0.262 e. The number of halogens is 1. The summed E-state index contributed by atoms with van der Waals surface area (Å²) in [6, 6.07) is 15.0. The first-order valence-corrected chi connectivity index (χ1v) is 9.69. The van der Waals surface area contributed by atoms with Crippen LogP contribution in [-0.4, -0.2) is 27.3 Å². The van der Waals surface area contributed by atoms with Crippen molar-refractivity contribution >= 4 is 27.5 Å². The van der Waals surface area contributed by atoms with Gasteiger partial charge in [-0.1, -0.05) is 28.1 Å². The van der Waals surface area contributed by atoms with Crippen LogP contribution in [0, 0.1) is 0 Å². The number of carbonyl (C=O) groups excluding carboxylic acids is 1. The van der Waals surface area contributed by atoms with Crippen LogP contribution in [0.3, 0.4) is 0 Å². The molecule has 1 aliphatic rings. The van der Waals surface area contributed by atoms with Gasteiger partial charge < -0.3 is 14.6 Å². The monoisotopic (exact) mass is 426 g/mol. The number of nitrogens with zero attached hydrogens (tertiary/aromatic N) is 3. The molecular weight excluding hydrogens is 408 g/mol. The summed E-state index contributed by atoms with van der Waals surface area (Å²) in [5.74, 6) is 2.32. The van der Waals surface area contributed by atoms with Gasteiger partial charge in [-0.05, 0) is 49.2 Å². The molecule has 0 unspecified atom stereocenters. The van der Waals surface area contributed by atoms with Gasteiger partial charge in [0.05, 0.1) is 0 Å². The largest absolute Gasteiger partial charge is 0.484 e. The summed E-state index contributed by atoms with van der Waals surface area (Å²) < 4.78 is 8.80. The predicted octanol–water partition coefficient (Wildman–Crippen LogP) is 4.06. The summed E-state index contributed by atoms with van der Waals surface area (Å²) in [6.45, 7) is 0.885. The second-order valence-electron chi connectivity index (χ2n) is 6.42. The molecule has 1 amide bonds. The van der Waals surface area contributed by atoms with Crippen LogP contribution in [0.4, 0.5) is 5.69 Å². The number of hydrogen-bond donors (Lipinski definition) is 1. The Balaban J connectivity index is 1.41. The first kappa shape index (κ1) is 17.7. The molecule has 138 valence electrons. The van der Waals surface area contributed by atoms with Crippen molar-refractivity contribution < 1.29 is 9.53 Å². The quantitative estimate of drug-likeness (QED) is 0.667. The minimum Gasteiger partial charge on any atom is -0.484 e. The van der Waals surface area contributed by atoms with Crippen molar-refractivity contribution in [3.8, 4) is 17.1 Å². The summed E-state index contributed by atoms with van der Waals surface area (Å²) in [6.07, 6.45) is 3.28. The van der Waals surface area contributed by atoms with Crippen molar-refractivity contribution in [2.24, 2.45) is 0 Å². The lowest BCUT2D eigenvalue weighted by Gasteiger charge is -2.15. The third kappa shape index (κ3) is 4.19. The fraction of sp³-hybridized carbons (Fsp3) is 0.250. The third-order valence-corrected chi connectivity index (χ3v) is 4.98. The van der Waals surface area contributed by atoms with Crippen LogP contribution in [0.15, 0.2) is 53.0 Å². The van der Waals surface area contributed by atoms with E-state index in [-0.39, 0.29) is 12.5 Å². The number of ether oxygens (including phenoxy) is 1. The summed E-state index contributed by atoms with van der Waals surface area (Å²) >= 11 is 3.37. The molecule has 1 aromatic heterocycles. The van der Waals surface area contributed by atoms with Gasteiger partial charge in [-0.25, -0.2) is 0 Å². The number of anilines is 1. The van der Waals surface area contributed by atoms with Crippen LogP contribution < -0.4 is 10.1 Å². The molecule has 27 heavy (non-hydrogen) atoms. The Morgan fingerprint density at radius 1 is 1.15 bits per heavy atom. The van der Waals surface area contributed by atoms with Gasteiger partial charge >= 0.3 is 0 Å². The van der Waals surface area contributed by atoms with E-state index in [0.717, 1.165) is 53.2 Å². The van der Waals surface area contributed by atoms with E-state index in [2.05, 4.69) is 36.0 Å². The molecule has 0 bridgehead atoms. The molecule has 0 saturated carbocycles. The van der Waals surface area contributed by atoms with Crippen LogP contribution in [0.5, 0.6) is 5.75 Å². The molecule has 0 aliphatic carbocycles. The molecule has 1 aliphatic heterocycles. The maximum atomic E-state index is 12.1. The molecule has 0 saturated heterocycles. The highest BCUT2D eigenvalue weighted by Crippen LogP contribution is 2.26.